The molecule has 0 saturated carbocycles. The Morgan fingerprint density at radius 2 is 1.88 bits per heavy atom. The number of carbonyl (C=O) groups is 2. The fraction of sp³-hybridized carbons (Fsp3) is 0.846. The zero-order valence-electron chi connectivity index (χ0n) is 11.5. The molecule has 0 aromatic carbocycles. The standard InChI is InChI=1S/C13H24N2O2/c1-12(2,3)8-13(4,5)15-7-9(11(14)17)6-10(15)16/h9H,6-8H2,1-5H3,(H2,14,17). The van der Waals surface area contributed by atoms with Crippen LogP contribution in [-0.4, -0.2) is 28.8 Å². The topological polar surface area (TPSA) is 63.4 Å². The Labute approximate surface area is 104 Å². The number of amides is 2. The summed E-state index contributed by atoms with van der Waals surface area (Å²) in [6, 6.07) is 0. The van der Waals surface area contributed by atoms with E-state index in [0.29, 0.717) is 6.54 Å². The minimum Gasteiger partial charge on any atom is -0.369 e. The van der Waals surface area contributed by atoms with Gasteiger partial charge in [-0.15, -0.1) is 0 Å². The molecule has 1 rings (SSSR count). The van der Waals surface area contributed by atoms with Crippen LogP contribution in [0.5, 0.6) is 0 Å². The smallest absolute Gasteiger partial charge is 0.223 e. The van der Waals surface area contributed by atoms with Gasteiger partial charge in [0.05, 0.1) is 5.92 Å². The predicted octanol–water partition coefficient (Wildman–Crippen LogP) is 1.53. The lowest BCUT2D eigenvalue weighted by Gasteiger charge is -2.40. The lowest BCUT2D eigenvalue weighted by Crippen LogP contribution is -2.47. The van der Waals surface area contributed by atoms with E-state index < -0.39 is 0 Å². The van der Waals surface area contributed by atoms with Gasteiger partial charge in [0.15, 0.2) is 0 Å². The molecule has 1 heterocycles. The molecule has 1 fully saturated rings. The van der Waals surface area contributed by atoms with Crippen LogP contribution in [-0.2, 0) is 9.59 Å². The van der Waals surface area contributed by atoms with Crippen LogP contribution in [0.4, 0.5) is 0 Å². The van der Waals surface area contributed by atoms with E-state index in [-0.39, 0.29) is 35.1 Å². The second-order valence-electron chi connectivity index (χ2n) is 6.86. The Morgan fingerprint density at radius 1 is 1.35 bits per heavy atom. The summed E-state index contributed by atoms with van der Waals surface area (Å²) in [5.74, 6) is -0.641. The highest BCUT2D eigenvalue weighted by Gasteiger charge is 2.42. The average Bonchev–Trinajstić information content (AvgIpc) is 2.43. The lowest BCUT2D eigenvalue weighted by atomic mass is 9.81. The average molecular weight is 240 g/mol. The number of rotatable bonds is 3. The first-order chi connectivity index (χ1) is 7.53. The molecule has 0 bridgehead atoms. The molecule has 98 valence electrons. The Bertz CT molecular complexity index is 329. The molecule has 0 aromatic heterocycles. The van der Waals surface area contributed by atoms with Gasteiger partial charge in [0, 0.05) is 18.5 Å². The molecule has 2 amide bonds. The van der Waals surface area contributed by atoms with E-state index in [4.69, 9.17) is 5.73 Å². The highest BCUT2D eigenvalue weighted by atomic mass is 16.2. The first-order valence-corrected chi connectivity index (χ1v) is 6.13. The molecule has 1 aliphatic rings. The minimum atomic E-state index is -0.368. The first-order valence-electron chi connectivity index (χ1n) is 6.13. The fourth-order valence-electron chi connectivity index (χ4n) is 2.88. The monoisotopic (exact) mass is 240 g/mol. The molecule has 1 saturated heterocycles. The Hall–Kier alpha value is -1.06. The maximum atomic E-state index is 11.9. The minimum absolute atomic E-state index is 0.0445. The largest absolute Gasteiger partial charge is 0.369 e. The van der Waals surface area contributed by atoms with Gasteiger partial charge in [-0.05, 0) is 25.7 Å². The van der Waals surface area contributed by atoms with Crippen molar-refractivity contribution in [1.29, 1.82) is 0 Å². The van der Waals surface area contributed by atoms with Gasteiger partial charge in [0.1, 0.15) is 0 Å². The summed E-state index contributed by atoms with van der Waals surface area (Å²) in [6.45, 7) is 11.0. The van der Waals surface area contributed by atoms with Crippen molar-refractivity contribution in [3.8, 4) is 0 Å². The number of nitrogens with zero attached hydrogens (tertiary/aromatic N) is 1. The molecular weight excluding hydrogens is 216 g/mol. The predicted molar refractivity (Wildman–Crippen MR) is 67.2 cm³/mol. The number of hydrogen-bond donors (Lipinski definition) is 1. The molecule has 2 N–H and O–H groups in total. The first kappa shape index (κ1) is 14.0. The fourth-order valence-corrected chi connectivity index (χ4v) is 2.88. The highest BCUT2D eigenvalue weighted by Crippen LogP contribution is 2.34. The molecule has 1 unspecified atom stereocenters. The van der Waals surface area contributed by atoms with Gasteiger partial charge in [-0.1, -0.05) is 20.8 Å². The van der Waals surface area contributed by atoms with Gasteiger partial charge in [-0.2, -0.15) is 0 Å². The number of likely N-dealkylation sites (tertiary alicyclic amines) is 1. The van der Waals surface area contributed by atoms with Crippen LogP contribution < -0.4 is 5.73 Å². The van der Waals surface area contributed by atoms with Gasteiger partial charge in [0.25, 0.3) is 0 Å². The number of nitrogens with two attached hydrogens (primary N) is 1. The molecule has 1 atom stereocenters. The lowest BCUT2D eigenvalue weighted by molar-refractivity contribution is -0.133. The van der Waals surface area contributed by atoms with Crippen molar-refractivity contribution in [1.82, 2.24) is 4.90 Å². The maximum Gasteiger partial charge on any atom is 0.223 e. The van der Waals surface area contributed by atoms with Crippen LogP contribution in [0.1, 0.15) is 47.5 Å². The van der Waals surface area contributed by atoms with Crippen molar-refractivity contribution >= 4 is 11.8 Å². The summed E-state index contributed by atoms with van der Waals surface area (Å²) < 4.78 is 0. The molecule has 0 radical (unpaired) electrons. The summed E-state index contributed by atoms with van der Waals surface area (Å²) in [4.78, 5) is 24.9. The van der Waals surface area contributed by atoms with E-state index in [1.807, 2.05) is 4.90 Å². The van der Waals surface area contributed by atoms with E-state index in [0.717, 1.165) is 6.42 Å². The van der Waals surface area contributed by atoms with E-state index >= 15 is 0 Å². The van der Waals surface area contributed by atoms with Crippen molar-refractivity contribution in [2.75, 3.05) is 6.54 Å². The van der Waals surface area contributed by atoms with E-state index in [2.05, 4.69) is 34.6 Å². The summed E-state index contributed by atoms with van der Waals surface area (Å²) in [5, 5.41) is 0. The molecule has 0 aromatic rings. The van der Waals surface area contributed by atoms with E-state index in [1.165, 1.54) is 0 Å². The molecule has 17 heavy (non-hydrogen) atoms. The van der Waals surface area contributed by atoms with Crippen LogP contribution in [0.15, 0.2) is 0 Å². The second kappa shape index (κ2) is 4.31. The molecular formula is C13H24N2O2. The van der Waals surface area contributed by atoms with E-state index in [1.54, 1.807) is 0 Å². The zero-order valence-corrected chi connectivity index (χ0v) is 11.5. The Balaban J connectivity index is 2.79. The normalized spacial score (nSPS) is 22.1. The second-order valence-corrected chi connectivity index (χ2v) is 6.86. The molecule has 0 aliphatic carbocycles. The maximum absolute atomic E-state index is 11.9. The van der Waals surface area contributed by atoms with Crippen LogP contribution >= 0.6 is 0 Å². The zero-order chi connectivity index (χ0) is 13.4. The van der Waals surface area contributed by atoms with Crippen molar-refractivity contribution < 1.29 is 9.59 Å². The van der Waals surface area contributed by atoms with Crippen LogP contribution in [0.2, 0.25) is 0 Å². The van der Waals surface area contributed by atoms with Gasteiger partial charge >= 0.3 is 0 Å². The molecule has 1 aliphatic heterocycles. The molecule has 4 nitrogen and oxygen atoms in total. The van der Waals surface area contributed by atoms with Crippen LogP contribution in [0.3, 0.4) is 0 Å². The van der Waals surface area contributed by atoms with E-state index in [9.17, 15) is 9.59 Å². The van der Waals surface area contributed by atoms with Gasteiger partial charge in [-0.3, -0.25) is 9.59 Å². The van der Waals surface area contributed by atoms with Crippen molar-refractivity contribution in [2.45, 2.75) is 53.0 Å². The summed E-state index contributed by atoms with van der Waals surface area (Å²) in [7, 11) is 0. The Kier molecular flexibility index (Phi) is 3.55. The van der Waals surface area contributed by atoms with Crippen molar-refractivity contribution in [3.05, 3.63) is 0 Å². The number of carbonyl (C=O) groups excluding carboxylic acids is 2. The van der Waals surface area contributed by atoms with Gasteiger partial charge in [-0.25, -0.2) is 0 Å². The Morgan fingerprint density at radius 3 is 2.24 bits per heavy atom. The third kappa shape index (κ3) is 3.45. The summed E-state index contributed by atoms with van der Waals surface area (Å²) in [5.41, 5.74) is 5.20. The number of primary amides is 1. The SMILES string of the molecule is CC(C)(C)CC(C)(C)N1CC(C(N)=O)CC1=O. The molecule has 4 heteroatoms. The third-order valence-electron chi connectivity index (χ3n) is 3.22. The van der Waals surface area contributed by atoms with Crippen molar-refractivity contribution in [2.24, 2.45) is 17.1 Å². The van der Waals surface area contributed by atoms with Crippen LogP contribution in [0.25, 0.3) is 0 Å². The number of hydrogen-bond acceptors (Lipinski definition) is 2. The van der Waals surface area contributed by atoms with Crippen molar-refractivity contribution in [3.63, 3.8) is 0 Å². The quantitative estimate of drug-likeness (QED) is 0.813. The summed E-state index contributed by atoms with van der Waals surface area (Å²) in [6.07, 6.45) is 1.17. The van der Waals surface area contributed by atoms with Crippen LogP contribution in [0, 0.1) is 11.3 Å². The summed E-state index contributed by atoms with van der Waals surface area (Å²) >= 11 is 0. The third-order valence-corrected chi connectivity index (χ3v) is 3.22. The van der Waals surface area contributed by atoms with Gasteiger partial charge < -0.3 is 10.6 Å². The highest BCUT2D eigenvalue weighted by molar-refractivity contribution is 5.88. The molecule has 0 spiro atoms. The van der Waals surface area contributed by atoms with Gasteiger partial charge in [0.2, 0.25) is 11.8 Å².